The molecule has 1 heterocycles. The Balaban J connectivity index is 1.90. The Morgan fingerprint density at radius 2 is 1.65 bits per heavy atom. The van der Waals surface area contributed by atoms with E-state index in [0.717, 1.165) is 5.75 Å². The lowest BCUT2D eigenvalue weighted by atomic mass is 10.2. The SMILES string of the molecule is N#Cc1ccn(-c2ccc(Oc3ccccc3)cc2)c1C(=O)O. The molecule has 0 unspecified atom stereocenters. The summed E-state index contributed by atoms with van der Waals surface area (Å²) in [5, 5.41) is 18.3. The van der Waals surface area contributed by atoms with Gasteiger partial charge in [-0.05, 0) is 42.5 Å². The monoisotopic (exact) mass is 304 g/mol. The molecule has 0 amide bonds. The average Bonchev–Trinajstić information content (AvgIpc) is 3.01. The molecule has 0 bridgehead atoms. The number of benzene rings is 2. The zero-order chi connectivity index (χ0) is 16.2. The first kappa shape index (κ1) is 14.4. The summed E-state index contributed by atoms with van der Waals surface area (Å²) in [6.07, 6.45) is 1.56. The number of nitriles is 1. The van der Waals surface area contributed by atoms with Gasteiger partial charge in [0.15, 0.2) is 0 Å². The number of carboxylic acid groups (broad SMARTS) is 1. The van der Waals surface area contributed by atoms with Crippen molar-refractivity contribution in [3.05, 3.63) is 78.1 Å². The molecule has 2 aromatic carbocycles. The van der Waals surface area contributed by atoms with Crippen molar-refractivity contribution in [2.24, 2.45) is 0 Å². The van der Waals surface area contributed by atoms with Crippen molar-refractivity contribution in [3.8, 4) is 23.3 Å². The van der Waals surface area contributed by atoms with Crippen LogP contribution in [0.15, 0.2) is 66.9 Å². The Kier molecular flexibility index (Phi) is 3.81. The van der Waals surface area contributed by atoms with E-state index >= 15 is 0 Å². The largest absolute Gasteiger partial charge is 0.477 e. The Morgan fingerprint density at radius 3 is 2.26 bits per heavy atom. The predicted molar refractivity (Wildman–Crippen MR) is 84.0 cm³/mol. The minimum absolute atomic E-state index is 0.0516. The molecule has 3 rings (SSSR count). The molecular formula is C18H12N2O3. The Morgan fingerprint density at radius 1 is 1.00 bits per heavy atom. The highest BCUT2D eigenvalue weighted by atomic mass is 16.5. The summed E-state index contributed by atoms with van der Waals surface area (Å²) in [4.78, 5) is 11.3. The number of hydrogen-bond acceptors (Lipinski definition) is 3. The van der Waals surface area contributed by atoms with E-state index in [1.165, 1.54) is 10.6 Å². The summed E-state index contributed by atoms with van der Waals surface area (Å²) in [5.41, 5.74) is 0.718. The fourth-order valence-corrected chi connectivity index (χ4v) is 2.26. The maximum Gasteiger partial charge on any atom is 0.354 e. The number of ether oxygens (including phenoxy) is 1. The molecule has 0 spiro atoms. The Bertz CT molecular complexity index is 875. The van der Waals surface area contributed by atoms with Gasteiger partial charge in [-0.3, -0.25) is 0 Å². The highest BCUT2D eigenvalue weighted by molar-refractivity contribution is 5.89. The van der Waals surface area contributed by atoms with Gasteiger partial charge in [-0.1, -0.05) is 18.2 Å². The fraction of sp³-hybridized carbons (Fsp3) is 0. The number of aromatic carboxylic acids is 1. The molecule has 0 atom stereocenters. The van der Waals surface area contributed by atoms with E-state index in [9.17, 15) is 9.90 Å². The maximum atomic E-state index is 11.3. The van der Waals surface area contributed by atoms with Crippen molar-refractivity contribution < 1.29 is 14.6 Å². The van der Waals surface area contributed by atoms with Crippen LogP contribution in [0.2, 0.25) is 0 Å². The van der Waals surface area contributed by atoms with Crippen molar-refractivity contribution in [1.29, 1.82) is 5.26 Å². The van der Waals surface area contributed by atoms with Gasteiger partial charge >= 0.3 is 5.97 Å². The molecule has 5 heteroatoms. The molecule has 1 N–H and O–H groups in total. The second-order valence-electron chi connectivity index (χ2n) is 4.77. The summed E-state index contributed by atoms with van der Waals surface area (Å²) >= 11 is 0. The first-order valence-corrected chi connectivity index (χ1v) is 6.87. The highest BCUT2D eigenvalue weighted by Crippen LogP contribution is 2.24. The third-order valence-corrected chi connectivity index (χ3v) is 3.30. The van der Waals surface area contributed by atoms with Crippen molar-refractivity contribution in [2.45, 2.75) is 0 Å². The molecule has 0 aliphatic carbocycles. The van der Waals surface area contributed by atoms with E-state index in [1.54, 1.807) is 30.5 Å². The predicted octanol–water partition coefficient (Wildman–Crippen LogP) is 3.84. The molecule has 0 radical (unpaired) electrons. The zero-order valence-corrected chi connectivity index (χ0v) is 12.0. The van der Waals surface area contributed by atoms with Crippen LogP contribution in [-0.4, -0.2) is 15.6 Å². The molecule has 0 fully saturated rings. The molecular weight excluding hydrogens is 292 g/mol. The van der Waals surface area contributed by atoms with Crippen LogP contribution in [0.3, 0.4) is 0 Å². The lowest BCUT2D eigenvalue weighted by Crippen LogP contribution is -2.07. The minimum atomic E-state index is -1.14. The van der Waals surface area contributed by atoms with Crippen LogP contribution in [0, 0.1) is 11.3 Å². The minimum Gasteiger partial charge on any atom is -0.477 e. The molecule has 0 aliphatic rings. The van der Waals surface area contributed by atoms with Crippen molar-refractivity contribution in [2.75, 3.05) is 0 Å². The molecule has 3 aromatic rings. The number of carboxylic acids is 1. The van der Waals surface area contributed by atoms with E-state index in [0.29, 0.717) is 11.4 Å². The molecule has 1 aromatic heterocycles. The van der Waals surface area contributed by atoms with Crippen molar-refractivity contribution in [3.63, 3.8) is 0 Å². The Labute approximate surface area is 132 Å². The van der Waals surface area contributed by atoms with Crippen LogP contribution >= 0.6 is 0 Å². The van der Waals surface area contributed by atoms with Crippen LogP contribution in [0.1, 0.15) is 16.1 Å². The lowest BCUT2D eigenvalue weighted by molar-refractivity contribution is 0.0688. The lowest BCUT2D eigenvalue weighted by Gasteiger charge is -2.09. The number of para-hydroxylation sites is 1. The number of hydrogen-bond donors (Lipinski definition) is 1. The van der Waals surface area contributed by atoms with Gasteiger partial charge in [0.25, 0.3) is 0 Å². The summed E-state index contributed by atoms with van der Waals surface area (Å²) in [6.45, 7) is 0. The van der Waals surface area contributed by atoms with Gasteiger partial charge in [0, 0.05) is 11.9 Å². The van der Waals surface area contributed by atoms with Gasteiger partial charge in [-0.25, -0.2) is 4.79 Å². The molecule has 5 nitrogen and oxygen atoms in total. The van der Waals surface area contributed by atoms with E-state index < -0.39 is 5.97 Å². The van der Waals surface area contributed by atoms with Gasteiger partial charge < -0.3 is 14.4 Å². The average molecular weight is 304 g/mol. The topological polar surface area (TPSA) is 75.2 Å². The van der Waals surface area contributed by atoms with Crippen LogP contribution in [0.25, 0.3) is 5.69 Å². The summed E-state index contributed by atoms with van der Waals surface area (Å²) in [6, 6.07) is 19.7. The van der Waals surface area contributed by atoms with E-state index in [1.807, 2.05) is 36.4 Å². The van der Waals surface area contributed by atoms with Crippen molar-refractivity contribution in [1.82, 2.24) is 4.57 Å². The molecule has 112 valence electrons. The van der Waals surface area contributed by atoms with Crippen LogP contribution in [0.5, 0.6) is 11.5 Å². The normalized spacial score (nSPS) is 10.0. The molecule has 0 aliphatic heterocycles. The second kappa shape index (κ2) is 6.08. The number of aromatic nitrogens is 1. The van der Waals surface area contributed by atoms with E-state index in [-0.39, 0.29) is 11.3 Å². The summed E-state index contributed by atoms with van der Waals surface area (Å²) in [5.74, 6) is 0.222. The maximum absolute atomic E-state index is 11.3. The van der Waals surface area contributed by atoms with Gasteiger partial charge in [-0.2, -0.15) is 5.26 Å². The van der Waals surface area contributed by atoms with Crippen molar-refractivity contribution >= 4 is 5.97 Å². The fourth-order valence-electron chi connectivity index (χ4n) is 2.26. The Hall–Kier alpha value is -3.52. The van der Waals surface area contributed by atoms with Gasteiger partial charge in [0.2, 0.25) is 0 Å². The summed E-state index contributed by atoms with van der Waals surface area (Å²) < 4.78 is 7.16. The first-order chi connectivity index (χ1) is 11.2. The van der Waals surface area contributed by atoms with E-state index in [4.69, 9.17) is 10.00 Å². The van der Waals surface area contributed by atoms with Gasteiger partial charge in [0.1, 0.15) is 23.3 Å². The molecule has 0 saturated heterocycles. The third-order valence-electron chi connectivity index (χ3n) is 3.30. The molecule has 23 heavy (non-hydrogen) atoms. The zero-order valence-electron chi connectivity index (χ0n) is 12.0. The number of carbonyl (C=O) groups is 1. The number of rotatable bonds is 4. The highest BCUT2D eigenvalue weighted by Gasteiger charge is 2.17. The first-order valence-electron chi connectivity index (χ1n) is 6.87. The quantitative estimate of drug-likeness (QED) is 0.794. The number of nitrogens with zero attached hydrogens (tertiary/aromatic N) is 2. The van der Waals surface area contributed by atoms with Crippen LogP contribution in [-0.2, 0) is 0 Å². The van der Waals surface area contributed by atoms with E-state index in [2.05, 4.69) is 0 Å². The smallest absolute Gasteiger partial charge is 0.354 e. The molecule has 0 saturated carbocycles. The summed E-state index contributed by atoms with van der Waals surface area (Å²) in [7, 11) is 0. The van der Waals surface area contributed by atoms with Gasteiger partial charge in [0.05, 0.1) is 5.56 Å². The van der Waals surface area contributed by atoms with Crippen LogP contribution in [0.4, 0.5) is 0 Å². The van der Waals surface area contributed by atoms with Gasteiger partial charge in [-0.15, -0.1) is 0 Å². The third kappa shape index (κ3) is 2.92. The standard InChI is InChI=1S/C18H12N2O3/c19-12-13-10-11-20(17(13)18(21)22)14-6-8-16(9-7-14)23-15-4-2-1-3-5-15/h1-11H,(H,21,22). The second-order valence-corrected chi connectivity index (χ2v) is 4.77. The van der Waals surface area contributed by atoms with Crippen LogP contribution < -0.4 is 4.74 Å².